The molecule has 1 heterocycles. The number of rotatable bonds is 5. The minimum absolute atomic E-state index is 0.176. The summed E-state index contributed by atoms with van der Waals surface area (Å²) in [6, 6.07) is 8.88. The van der Waals surface area contributed by atoms with Crippen molar-refractivity contribution in [3.8, 4) is 5.75 Å². The maximum Gasteiger partial charge on any atom is 0.251 e. The molecule has 1 amide bonds. The first-order valence-electron chi connectivity index (χ1n) is 6.82. The molecule has 0 saturated heterocycles. The van der Waals surface area contributed by atoms with Gasteiger partial charge in [-0.2, -0.15) is 0 Å². The Morgan fingerprint density at radius 2 is 2.14 bits per heavy atom. The smallest absolute Gasteiger partial charge is 0.251 e. The van der Waals surface area contributed by atoms with Gasteiger partial charge >= 0.3 is 0 Å². The number of carbonyl (C=O) groups is 1. The van der Waals surface area contributed by atoms with Crippen LogP contribution in [0.5, 0.6) is 5.75 Å². The summed E-state index contributed by atoms with van der Waals surface area (Å²) in [5, 5.41) is 2.84. The molecule has 2 aromatic rings. The molecule has 0 atom stereocenters. The van der Waals surface area contributed by atoms with E-state index in [1.54, 1.807) is 24.4 Å². The van der Waals surface area contributed by atoms with E-state index in [2.05, 4.69) is 10.3 Å². The number of anilines is 1. The Balaban J connectivity index is 2.00. The summed E-state index contributed by atoms with van der Waals surface area (Å²) >= 11 is 0. The lowest BCUT2D eigenvalue weighted by molar-refractivity contribution is 0.0951. The molecule has 0 unspecified atom stereocenters. The lowest BCUT2D eigenvalue weighted by Crippen LogP contribution is -2.23. The van der Waals surface area contributed by atoms with Crippen LogP contribution in [0, 0.1) is 6.92 Å². The zero-order valence-electron chi connectivity index (χ0n) is 12.2. The number of nitrogen functional groups attached to an aromatic ring is 1. The number of nitrogens with one attached hydrogen (secondary N) is 1. The van der Waals surface area contributed by atoms with Gasteiger partial charge in [0.1, 0.15) is 5.75 Å². The minimum Gasteiger partial charge on any atom is -0.492 e. The molecule has 0 bridgehead atoms. The Morgan fingerprint density at radius 1 is 1.33 bits per heavy atom. The molecule has 3 N–H and O–H groups in total. The third-order valence-electron chi connectivity index (χ3n) is 3.00. The fraction of sp³-hybridized carbons (Fsp3) is 0.250. The van der Waals surface area contributed by atoms with Gasteiger partial charge in [0, 0.05) is 24.0 Å². The van der Waals surface area contributed by atoms with E-state index in [0.717, 1.165) is 11.3 Å². The Bertz CT molecular complexity index is 624. The van der Waals surface area contributed by atoms with Gasteiger partial charge in [-0.15, -0.1) is 0 Å². The van der Waals surface area contributed by atoms with E-state index in [0.29, 0.717) is 30.2 Å². The zero-order valence-corrected chi connectivity index (χ0v) is 12.2. The van der Waals surface area contributed by atoms with Crippen molar-refractivity contribution in [1.82, 2.24) is 10.3 Å². The van der Waals surface area contributed by atoms with Crippen LogP contribution in [0.1, 0.15) is 28.5 Å². The largest absolute Gasteiger partial charge is 0.492 e. The third-order valence-corrected chi connectivity index (χ3v) is 3.00. The highest BCUT2D eigenvalue weighted by Gasteiger charge is 2.08. The van der Waals surface area contributed by atoms with Crippen LogP contribution in [0.3, 0.4) is 0 Å². The standard InChI is InChI=1S/C16H19N3O2/c1-3-21-15-7-6-13(8-14(15)17)16(20)19-10-12-5-4-11(2)18-9-12/h4-9H,3,10,17H2,1-2H3,(H,19,20). The molecule has 21 heavy (non-hydrogen) atoms. The number of benzene rings is 1. The molecule has 0 aliphatic carbocycles. The number of hydrogen-bond donors (Lipinski definition) is 2. The van der Waals surface area contributed by atoms with Crippen molar-refractivity contribution in [3.63, 3.8) is 0 Å². The predicted octanol–water partition coefficient (Wildman–Crippen LogP) is 2.30. The number of amides is 1. The first-order chi connectivity index (χ1) is 10.1. The van der Waals surface area contributed by atoms with Gasteiger partial charge in [-0.1, -0.05) is 6.07 Å². The van der Waals surface area contributed by atoms with Crippen LogP contribution in [-0.2, 0) is 6.54 Å². The average Bonchev–Trinajstić information content (AvgIpc) is 2.48. The normalized spacial score (nSPS) is 10.2. The molecule has 0 aliphatic heterocycles. The summed E-state index contributed by atoms with van der Waals surface area (Å²) < 4.78 is 5.35. The van der Waals surface area contributed by atoms with E-state index < -0.39 is 0 Å². The number of carbonyl (C=O) groups excluding carboxylic acids is 1. The molecule has 5 nitrogen and oxygen atoms in total. The molecular formula is C16H19N3O2. The number of aromatic nitrogens is 1. The van der Waals surface area contributed by atoms with Crippen molar-refractivity contribution in [3.05, 3.63) is 53.3 Å². The van der Waals surface area contributed by atoms with Gasteiger partial charge in [0.25, 0.3) is 5.91 Å². The lowest BCUT2D eigenvalue weighted by Gasteiger charge is -2.09. The van der Waals surface area contributed by atoms with Gasteiger partial charge < -0.3 is 15.8 Å². The van der Waals surface area contributed by atoms with Crippen LogP contribution >= 0.6 is 0 Å². The van der Waals surface area contributed by atoms with E-state index in [-0.39, 0.29) is 5.91 Å². The molecule has 0 spiro atoms. The highest BCUT2D eigenvalue weighted by Crippen LogP contribution is 2.22. The number of pyridine rings is 1. The Morgan fingerprint density at radius 3 is 2.76 bits per heavy atom. The monoisotopic (exact) mass is 285 g/mol. The maximum atomic E-state index is 12.1. The first kappa shape index (κ1) is 14.8. The Hall–Kier alpha value is -2.56. The van der Waals surface area contributed by atoms with Crippen LogP contribution in [0.2, 0.25) is 0 Å². The van der Waals surface area contributed by atoms with Crippen LogP contribution in [-0.4, -0.2) is 17.5 Å². The summed E-state index contributed by atoms with van der Waals surface area (Å²) in [5.41, 5.74) is 8.72. The van der Waals surface area contributed by atoms with Gasteiger partial charge in [-0.3, -0.25) is 9.78 Å². The first-order valence-corrected chi connectivity index (χ1v) is 6.82. The fourth-order valence-corrected chi connectivity index (χ4v) is 1.86. The van der Waals surface area contributed by atoms with Crippen molar-refractivity contribution < 1.29 is 9.53 Å². The average molecular weight is 285 g/mol. The summed E-state index contributed by atoms with van der Waals surface area (Å²) in [4.78, 5) is 16.3. The summed E-state index contributed by atoms with van der Waals surface area (Å²) in [6.07, 6.45) is 1.75. The minimum atomic E-state index is -0.176. The van der Waals surface area contributed by atoms with Crippen molar-refractivity contribution in [2.24, 2.45) is 0 Å². The molecule has 1 aromatic heterocycles. The molecule has 0 saturated carbocycles. The molecule has 2 rings (SSSR count). The molecular weight excluding hydrogens is 266 g/mol. The van der Waals surface area contributed by atoms with E-state index in [4.69, 9.17) is 10.5 Å². The summed E-state index contributed by atoms with van der Waals surface area (Å²) in [7, 11) is 0. The summed E-state index contributed by atoms with van der Waals surface area (Å²) in [6.45, 7) is 4.77. The van der Waals surface area contributed by atoms with Gasteiger partial charge in [0.15, 0.2) is 0 Å². The highest BCUT2D eigenvalue weighted by atomic mass is 16.5. The third kappa shape index (κ3) is 3.95. The van der Waals surface area contributed by atoms with Gasteiger partial charge in [0.2, 0.25) is 0 Å². The topological polar surface area (TPSA) is 77.2 Å². The quantitative estimate of drug-likeness (QED) is 0.826. The van der Waals surface area contributed by atoms with Crippen LogP contribution in [0.4, 0.5) is 5.69 Å². The number of hydrogen-bond acceptors (Lipinski definition) is 4. The number of nitrogens with zero attached hydrogens (tertiary/aromatic N) is 1. The number of nitrogens with two attached hydrogens (primary N) is 1. The van der Waals surface area contributed by atoms with Gasteiger partial charge in [0.05, 0.1) is 12.3 Å². The fourth-order valence-electron chi connectivity index (χ4n) is 1.86. The Kier molecular flexibility index (Phi) is 4.77. The van der Waals surface area contributed by atoms with Crippen molar-refractivity contribution in [2.45, 2.75) is 20.4 Å². The molecule has 1 aromatic carbocycles. The molecule has 0 fully saturated rings. The number of ether oxygens (including phenoxy) is 1. The van der Waals surface area contributed by atoms with Crippen molar-refractivity contribution >= 4 is 11.6 Å². The van der Waals surface area contributed by atoms with Crippen LogP contribution in [0.25, 0.3) is 0 Å². The van der Waals surface area contributed by atoms with Gasteiger partial charge in [-0.05, 0) is 43.7 Å². The predicted molar refractivity (Wildman–Crippen MR) is 82.2 cm³/mol. The molecule has 0 radical (unpaired) electrons. The second-order valence-corrected chi connectivity index (χ2v) is 4.68. The molecule has 0 aliphatic rings. The second-order valence-electron chi connectivity index (χ2n) is 4.68. The summed E-state index contributed by atoms with van der Waals surface area (Å²) in [5.74, 6) is 0.419. The van der Waals surface area contributed by atoms with Crippen LogP contribution < -0.4 is 15.8 Å². The van der Waals surface area contributed by atoms with E-state index >= 15 is 0 Å². The lowest BCUT2D eigenvalue weighted by atomic mass is 10.1. The SMILES string of the molecule is CCOc1ccc(C(=O)NCc2ccc(C)nc2)cc1N. The second kappa shape index (κ2) is 6.74. The van der Waals surface area contributed by atoms with E-state index in [1.165, 1.54) is 0 Å². The maximum absolute atomic E-state index is 12.1. The number of aryl methyl sites for hydroxylation is 1. The van der Waals surface area contributed by atoms with E-state index in [9.17, 15) is 4.79 Å². The molecule has 110 valence electrons. The van der Waals surface area contributed by atoms with E-state index in [1.807, 2.05) is 26.0 Å². The van der Waals surface area contributed by atoms with Crippen molar-refractivity contribution in [1.29, 1.82) is 0 Å². The zero-order chi connectivity index (χ0) is 15.2. The van der Waals surface area contributed by atoms with Crippen LogP contribution in [0.15, 0.2) is 36.5 Å². The molecule has 5 heteroatoms. The Labute approximate surface area is 124 Å². The van der Waals surface area contributed by atoms with Crippen molar-refractivity contribution in [2.75, 3.05) is 12.3 Å². The highest BCUT2D eigenvalue weighted by molar-refractivity contribution is 5.95. The van der Waals surface area contributed by atoms with Gasteiger partial charge in [-0.25, -0.2) is 0 Å².